The third kappa shape index (κ3) is 8.05. The van der Waals surface area contributed by atoms with Gasteiger partial charge in [-0.2, -0.15) is 0 Å². The second-order valence-electron chi connectivity index (χ2n) is 10.1. The van der Waals surface area contributed by atoms with E-state index in [1.807, 2.05) is 39.0 Å². The summed E-state index contributed by atoms with van der Waals surface area (Å²) in [5.74, 6) is 0.483. The molecule has 0 spiro atoms. The van der Waals surface area contributed by atoms with Crippen LogP contribution in [-0.4, -0.2) is 49.2 Å². The maximum absolute atomic E-state index is 12.4. The average Bonchev–Trinajstić information content (AvgIpc) is 2.81. The number of ether oxygens (including phenoxy) is 3. The molecule has 3 rings (SSSR count). The number of benzene rings is 2. The van der Waals surface area contributed by atoms with Crippen LogP contribution in [0.1, 0.15) is 52.0 Å². The standard InChI is InChI=1S/C27H35F3N2O4/c1-26(2,3)36-25(33)32(4)22-11-9-21(10-12-22)31-17-20-16-19(8-15-24(20)34-5)18-6-13-23(14-7-18)35-27(28,29)30/h6-8,13-16,21-22,31H,9-12,17H2,1-5H3/t21-,22-. The Hall–Kier alpha value is -2.94. The lowest BCUT2D eigenvalue weighted by atomic mass is 9.90. The monoisotopic (exact) mass is 508 g/mol. The van der Waals surface area contributed by atoms with Crippen molar-refractivity contribution in [2.45, 2.75) is 77.0 Å². The highest BCUT2D eigenvalue weighted by atomic mass is 19.4. The molecule has 2 aromatic carbocycles. The summed E-state index contributed by atoms with van der Waals surface area (Å²) in [6.07, 6.45) is -1.38. The number of halogens is 3. The van der Waals surface area contributed by atoms with Gasteiger partial charge in [0.25, 0.3) is 0 Å². The number of alkyl halides is 3. The summed E-state index contributed by atoms with van der Waals surface area (Å²) >= 11 is 0. The van der Waals surface area contributed by atoms with E-state index in [1.165, 1.54) is 12.1 Å². The fraction of sp³-hybridized carbons (Fsp3) is 0.519. The summed E-state index contributed by atoms with van der Waals surface area (Å²) < 4.78 is 52.3. The highest BCUT2D eigenvalue weighted by Gasteiger charge is 2.31. The van der Waals surface area contributed by atoms with Crippen LogP contribution in [0.15, 0.2) is 42.5 Å². The van der Waals surface area contributed by atoms with Crippen LogP contribution in [0, 0.1) is 0 Å². The SMILES string of the molecule is COc1ccc(-c2ccc(OC(F)(F)F)cc2)cc1CN[C@H]1CC[C@H](N(C)C(=O)OC(C)(C)C)CC1. The zero-order valence-electron chi connectivity index (χ0n) is 21.4. The maximum Gasteiger partial charge on any atom is 0.573 e. The third-order valence-electron chi connectivity index (χ3n) is 6.21. The van der Waals surface area contributed by atoms with E-state index in [0.29, 0.717) is 12.6 Å². The van der Waals surface area contributed by atoms with Gasteiger partial charge in [0, 0.05) is 31.2 Å². The molecule has 198 valence electrons. The number of nitrogens with zero attached hydrogens (tertiary/aromatic N) is 1. The van der Waals surface area contributed by atoms with Crippen LogP contribution in [0.4, 0.5) is 18.0 Å². The van der Waals surface area contributed by atoms with Gasteiger partial charge in [0.1, 0.15) is 17.1 Å². The number of methoxy groups -OCH3 is 1. The van der Waals surface area contributed by atoms with E-state index in [2.05, 4.69) is 10.1 Å². The van der Waals surface area contributed by atoms with E-state index in [1.54, 1.807) is 31.2 Å². The van der Waals surface area contributed by atoms with E-state index in [9.17, 15) is 18.0 Å². The zero-order valence-corrected chi connectivity index (χ0v) is 21.4. The second-order valence-corrected chi connectivity index (χ2v) is 10.1. The minimum Gasteiger partial charge on any atom is -0.496 e. The van der Waals surface area contributed by atoms with E-state index in [4.69, 9.17) is 9.47 Å². The molecule has 0 aliphatic heterocycles. The summed E-state index contributed by atoms with van der Waals surface area (Å²) in [5, 5.41) is 3.59. The third-order valence-corrected chi connectivity index (χ3v) is 6.21. The van der Waals surface area contributed by atoms with Crippen LogP contribution in [0.2, 0.25) is 0 Å². The van der Waals surface area contributed by atoms with Crippen LogP contribution < -0.4 is 14.8 Å². The predicted octanol–water partition coefficient (Wildman–Crippen LogP) is 6.53. The Labute approximate surface area is 210 Å². The van der Waals surface area contributed by atoms with Gasteiger partial charge in [-0.25, -0.2) is 4.79 Å². The summed E-state index contributed by atoms with van der Waals surface area (Å²) in [7, 11) is 3.41. The van der Waals surface area contributed by atoms with Crippen LogP contribution in [-0.2, 0) is 11.3 Å². The molecule has 9 heteroatoms. The van der Waals surface area contributed by atoms with Crippen molar-refractivity contribution in [3.05, 3.63) is 48.0 Å². The number of nitrogens with one attached hydrogen (secondary N) is 1. The van der Waals surface area contributed by atoms with Gasteiger partial charge in [-0.05, 0) is 81.8 Å². The molecular formula is C27H35F3N2O4. The number of hydrogen-bond donors (Lipinski definition) is 1. The van der Waals surface area contributed by atoms with Crippen molar-refractivity contribution in [2.75, 3.05) is 14.2 Å². The van der Waals surface area contributed by atoms with Crippen LogP contribution in [0.25, 0.3) is 11.1 Å². The summed E-state index contributed by atoms with van der Waals surface area (Å²) in [4.78, 5) is 14.1. The van der Waals surface area contributed by atoms with Crippen molar-refractivity contribution >= 4 is 6.09 Å². The zero-order chi connectivity index (χ0) is 26.5. The van der Waals surface area contributed by atoms with E-state index in [-0.39, 0.29) is 17.9 Å². The molecule has 0 atom stereocenters. The molecule has 1 saturated carbocycles. The molecule has 0 heterocycles. The minimum atomic E-state index is -4.72. The number of amides is 1. The quantitative estimate of drug-likeness (QED) is 0.461. The summed E-state index contributed by atoms with van der Waals surface area (Å²) in [5.41, 5.74) is 2.09. The highest BCUT2D eigenvalue weighted by Crippen LogP contribution is 2.30. The molecule has 1 amide bonds. The fourth-order valence-corrected chi connectivity index (χ4v) is 4.35. The summed E-state index contributed by atoms with van der Waals surface area (Å²) in [6, 6.07) is 12.0. The lowest BCUT2D eigenvalue weighted by Gasteiger charge is -2.36. The Bertz CT molecular complexity index is 1010. The summed E-state index contributed by atoms with van der Waals surface area (Å²) in [6.45, 7) is 6.17. The molecule has 0 unspecified atom stereocenters. The highest BCUT2D eigenvalue weighted by molar-refractivity contribution is 5.68. The van der Waals surface area contributed by atoms with Gasteiger partial charge < -0.3 is 24.4 Å². The van der Waals surface area contributed by atoms with Crippen molar-refractivity contribution in [3.63, 3.8) is 0 Å². The van der Waals surface area contributed by atoms with Crippen LogP contribution in [0.3, 0.4) is 0 Å². The Morgan fingerprint density at radius 3 is 2.17 bits per heavy atom. The Morgan fingerprint density at radius 2 is 1.61 bits per heavy atom. The largest absolute Gasteiger partial charge is 0.573 e. The molecule has 0 aromatic heterocycles. The first-order chi connectivity index (χ1) is 16.8. The maximum atomic E-state index is 12.4. The van der Waals surface area contributed by atoms with Crippen molar-refractivity contribution in [3.8, 4) is 22.6 Å². The van der Waals surface area contributed by atoms with Gasteiger partial charge in [-0.1, -0.05) is 18.2 Å². The minimum absolute atomic E-state index is 0.153. The number of carbonyl (C=O) groups is 1. The molecule has 0 bridgehead atoms. The predicted molar refractivity (Wildman–Crippen MR) is 132 cm³/mol. The molecule has 1 fully saturated rings. The fourth-order valence-electron chi connectivity index (χ4n) is 4.35. The van der Waals surface area contributed by atoms with Crippen molar-refractivity contribution in [2.24, 2.45) is 0 Å². The first-order valence-corrected chi connectivity index (χ1v) is 12.1. The molecule has 1 N–H and O–H groups in total. The molecule has 36 heavy (non-hydrogen) atoms. The molecule has 2 aromatic rings. The van der Waals surface area contributed by atoms with Crippen LogP contribution in [0.5, 0.6) is 11.5 Å². The first-order valence-electron chi connectivity index (χ1n) is 12.1. The number of rotatable bonds is 7. The molecule has 0 saturated heterocycles. The molecule has 6 nitrogen and oxygen atoms in total. The smallest absolute Gasteiger partial charge is 0.496 e. The first kappa shape index (κ1) is 27.6. The molecule has 1 aliphatic carbocycles. The van der Waals surface area contributed by atoms with Gasteiger partial charge in [-0.3, -0.25) is 0 Å². The number of hydrogen-bond acceptors (Lipinski definition) is 5. The van der Waals surface area contributed by atoms with Gasteiger partial charge >= 0.3 is 12.5 Å². The Kier molecular flexibility index (Phi) is 8.76. The van der Waals surface area contributed by atoms with Crippen molar-refractivity contribution in [1.29, 1.82) is 0 Å². The van der Waals surface area contributed by atoms with Gasteiger partial charge in [0.2, 0.25) is 0 Å². The van der Waals surface area contributed by atoms with Gasteiger partial charge in [0.05, 0.1) is 7.11 Å². The molecule has 1 aliphatic rings. The van der Waals surface area contributed by atoms with Gasteiger partial charge in [0.15, 0.2) is 0 Å². The van der Waals surface area contributed by atoms with E-state index >= 15 is 0 Å². The van der Waals surface area contributed by atoms with Gasteiger partial charge in [-0.15, -0.1) is 13.2 Å². The van der Waals surface area contributed by atoms with Crippen LogP contribution >= 0.6 is 0 Å². The lowest BCUT2D eigenvalue weighted by Crippen LogP contribution is -2.44. The normalized spacial score (nSPS) is 18.4. The van der Waals surface area contributed by atoms with Crippen molar-refractivity contribution < 1.29 is 32.2 Å². The lowest BCUT2D eigenvalue weighted by molar-refractivity contribution is -0.274. The molecular weight excluding hydrogens is 473 g/mol. The molecule has 0 radical (unpaired) electrons. The van der Waals surface area contributed by atoms with E-state index < -0.39 is 12.0 Å². The number of carbonyl (C=O) groups excluding carboxylic acids is 1. The van der Waals surface area contributed by atoms with E-state index in [0.717, 1.165) is 48.1 Å². The van der Waals surface area contributed by atoms with Crippen molar-refractivity contribution in [1.82, 2.24) is 10.2 Å². The Balaban J connectivity index is 1.58. The topological polar surface area (TPSA) is 60.0 Å². The average molecular weight is 509 g/mol. The Morgan fingerprint density at radius 1 is 1.00 bits per heavy atom. The second kappa shape index (κ2) is 11.4.